The van der Waals surface area contributed by atoms with E-state index in [-0.39, 0.29) is 4.31 Å². The monoisotopic (exact) mass is 399 g/mol. The van der Waals surface area contributed by atoms with E-state index in [1.807, 2.05) is 0 Å². The smallest absolute Gasteiger partial charge is 0.243 e. The number of hydrogen-bond donors (Lipinski definition) is 0. The molecule has 26 heavy (non-hydrogen) atoms. The van der Waals surface area contributed by atoms with Crippen LogP contribution in [0.4, 0.5) is 26.3 Å². The van der Waals surface area contributed by atoms with E-state index in [9.17, 15) is 34.8 Å². The number of aromatic nitrogens is 2. The summed E-state index contributed by atoms with van der Waals surface area (Å²) in [6.07, 6.45) is -7.17. The van der Waals surface area contributed by atoms with Gasteiger partial charge in [0.25, 0.3) is 0 Å². The van der Waals surface area contributed by atoms with Crippen LogP contribution in [0.5, 0.6) is 0 Å². The molecule has 0 saturated heterocycles. The fraction of sp³-hybridized carbons (Fsp3) is 0.286. The quantitative estimate of drug-likeness (QED) is 0.740. The number of benzene rings is 1. The molecule has 0 aliphatic carbocycles. The number of nitrogens with zero attached hydrogens (tertiary/aromatic N) is 3. The highest BCUT2D eigenvalue weighted by Gasteiger charge is 2.48. The maximum atomic E-state index is 13.5. The molecule has 0 aliphatic rings. The highest BCUT2D eigenvalue weighted by atomic mass is 32.2. The van der Waals surface area contributed by atoms with Crippen LogP contribution in [0.25, 0.3) is 0 Å². The van der Waals surface area contributed by atoms with E-state index in [1.54, 1.807) is 0 Å². The molecular weight excluding hydrogens is 388 g/mol. The molecule has 1 aromatic heterocycles. The molecule has 1 heterocycles. The number of alkyl halides is 6. The first-order valence-electron chi connectivity index (χ1n) is 6.82. The second-order valence-electron chi connectivity index (χ2n) is 5.16. The van der Waals surface area contributed by atoms with Gasteiger partial charge in [0.15, 0.2) is 0 Å². The predicted molar refractivity (Wildman–Crippen MR) is 77.2 cm³/mol. The Labute approximate surface area is 144 Å². The van der Waals surface area contributed by atoms with Gasteiger partial charge < -0.3 is 0 Å². The van der Waals surface area contributed by atoms with Gasteiger partial charge in [0, 0.05) is 7.05 Å². The maximum Gasteiger partial charge on any atom is 0.416 e. The lowest BCUT2D eigenvalue weighted by Crippen LogP contribution is -2.39. The number of sulfonamides is 1. The van der Waals surface area contributed by atoms with Gasteiger partial charge in [-0.1, -0.05) is 12.1 Å². The summed E-state index contributed by atoms with van der Waals surface area (Å²) >= 11 is 0. The van der Waals surface area contributed by atoms with Gasteiger partial charge >= 0.3 is 12.4 Å². The zero-order chi connectivity index (χ0) is 19.8. The Kier molecular flexibility index (Phi) is 5.29. The van der Waals surface area contributed by atoms with Crippen LogP contribution in [0.15, 0.2) is 47.9 Å². The van der Waals surface area contributed by atoms with Crippen LogP contribution in [-0.4, -0.2) is 35.9 Å². The van der Waals surface area contributed by atoms with Crippen molar-refractivity contribution in [3.63, 3.8) is 0 Å². The Morgan fingerprint density at radius 3 is 1.88 bits per heavy atom. The Morgan fingerprint density at radius 2 is 1.46 bits per heavy atom. The van der Waals surface area contributed by atoms with Crippen LogP contribution in [0.2, 0.25) is 0 Å². The molecule has 0 bridgehead atoms. The summed E-state index contributed by atoms with van der Waals surface area (Å²) in [6, 6.07) is -0.585. The molecule has 0 amide bonds. The summed E-state index contributed by atoms with van der Waals surface area (Å²) in [5.74, 6) is 0. The fourth-order valence-electron chi connectivity index (χ4n) is 2.18. The van der Waals surface area contributed by atoms with Crippen LogP contribution >= 0.6 is 0 Å². The molecule has 0 spiro atoms. The first kappa shape index (κ1) is 20.1. The zero-order valence-electron chi connectivity index (χ0n) is 13.0. The van der Waals surface area contributed by atoms with E-state index in [0.717, 1.165) is 18.7 Å². The van der Waals surface area contributed by atoms with E-state index in [2.05, 4.69) is 9.97 Å². The molecule has 5 nitrogen and oxygen atoms in total. The Bertz CT molecular complexity index is 851. The van der Waals surface area contributed by atoms with E-state index in [0.29, 0.717) is 31.3 Å². The molecule has 142 valence electrons. The molecule has 0 saturated carbocycles. The molecule has 0 N–H and O–H groups in total. The minimum Gasteiger partial charge on any atom is -0.243 e. The highest BCUT2D eigenvalue weighted by Crippen LogP contribution is 2.40. The third-order valence-electron chi connectivity index (χ3n) is 3.44. The normalized spacial score (nSPS) is 14.5. The van der Waals surface area contributed by atoms with Gasteiger partial charge in [0.05, 0.1) is 18.0 Å². The molecule has 0 radical (unpaired) electrons. The Balaban J connectivity index is 2.49. The lowest BCUT2D eigenvalue weighted by molar-refractivity contribution is -0.171. The highest BCUT2D eigenvalue weighted by molar-refractivity contribution is 7.89. The second kappa shape index (κ2) is 6.83. The van der Waals surface area contributed by atoms with E-state index in [4.69, 9.17) is 0 Å². The third-order valence-corrected chi connectivity index (χ3v) is 5.22. The van der Waals surface area contributed by atoms with Crippen LogP contribution in [0.1, 0.15) is 17.2 Å². The minimum atomic E-state index is -5.07. The number of hydrogen-bond acceptors (Lipinski definition) is 4. The van der Waals surface area contributed by atoms with Crippen molar-refractivity contribution >= 4 is 10.0 Å². The van der Waals surface area contributed by atoms with Gasteiger partial charge in [0.1, 0.15) is 17.3 Å². The lowest BCUT2D eigenvalue weighted by atomic mass is 10.0. The topological polar surface area (TPSA) is 63.2 Å². The molecule has 2 rings (SSSR count). The molecule has 1 atom stereocenters. The van der Waals surface area contributed by atoms with Crippen molar-refractivity contribution in [3.05, 3.63) is 54.1 Å². The fourth-order valence-corrected chi connectivity index (χ4v) is 3.42. The maximum absolute atomic E-state index is 13.5. The van der Waals surface area contributed by atoms with Crippen molar-refractivity contribution in [2.24, 2.45) is 0 Å². The lowest BCUT2D eigenvalue weighted by Gasteiger charge is -2.29. The summed E-state index contributed by atoms with van der Waals surface area (Å²) in [5.41, 5.74) is -1.81. The first-order valence-corrected chi connectivity index (χ1v) is 8.26. The zero-order valence-corrected chi connectivity index (χ0v) is 13.8. The summed E-state index contributed by atoms with van der Waals surface area (Å²) in [7, 11) is -3.96. The number of rotatable bonds is 4. The number of halogens is 6. The first-order chi connectivity index (χ1) is 11.8. The largest absolute Gasteiger partial charge is 0.416 e. The molecule has 2 aromatic rings. The van der Waals surface area contributed by atoms with Crippen LogP contribution in [-0.2, 0) is 16.2 Å². The van der Waals surface area contributed by atoms with Crippen molar-refractivity contribution in [1.29, 1.82) is 0 Å². The molecule has 0 aliphatic heterocycles. The second-order valence-corrected chi connectivity index (χ2v) is 7.16. The van der Waals surface area contributed by atoms with Crippen molar-refractivity contribution in [2.75, 3.05) is 7.05 Å². The van der Waals surface area contributed by atoms with Gasteiger partial charge in [-0.25, -0.2) is 18.4 Å². The van der Waals surface area contributed by atoms with Crippen molar-refractivity contribution in [3.8, 4) is 0 Å². The van der Waals surface area contributed by atoms with E-state index >= 15 is 0 Å². The Morgan fingerprint density at radius 1 is 0.962 bits per heavy atom. The summed E-state index contributed by atoms with van der Waals surface area (Å²) < 4.78 is 103. The summed E-state index contributed by atoms with van der Waals surface area (Å²) in [5, 5.41) is 0. The summed E-state index contributed by atoms with van der Waals surface area (Å²) in [6.45, 7) is 0. The summed E-state index contributed by atoms with van der Waals surface area (Å²) in [4.78, 5) is 6.31. The average Bonchev–Trinajstić information content (AvgIpc) is 2.54. The SMILES string of the molecule is CN([C@H](c1ccc(C(F)(F)F)cc1)C(F)(F)F)S(=O)(=O)c1cncnc1. The molecular formula is C14H11F6N3O2S. The molecule has 12 heteroatoms. The third kappa shape index (κ3) is 4.12. The Hall–Kier alpha value is -2.21. The van der Waals surface area contributed by atoms with Crippen molar-refractivity contribution < 1.29 is 34.8 Å². The molecule has 1 aromatic carbocycles. The van der Waals surface area contributed by atoms with Crippen molar-refractivity contribution in [1.82, 2.24) is 14.3 Å². The van der Waals surface area contributed by atoms with E-state index in [1.165, 1.54) is 0 Å². The molecule has 0 unspecified atom stereocenters. The van der Waals surface area contributed by atoms with Gasteiger partial charge in [-0.2, -0.15) is 30.6 Å². The van der Waals surface area contributed by atoms with Crippen LogP contribution in [0.3, 0.4) is 0 Å². The average molecular weight is 399 g/mol. The van der Waals surface area contributed by atoms with Crippen LogP contribution < -0.4 is 0 Å². The van der Waals surface area contributed by atoms with Gasteiger partial charge in [-0.15, -0.1) is 0 Å². The predicted octanol–water partition coefficient (Wildman–Crippen LogP) is 3.42. The molecule has 0 fully saturated rings. The van der Waals surface area contributed by atoms with Crippen LogP contribution in [0, 0.1) is 0 Å². The van der Waals surface area contributed by atoms with Gasteiger partial charge in [-0.05, 0) is 17.7 Å². The van der Waals surface area contributed by atoms with Gasteiger partial charge in [-0.3, -0.25) is 0 Å². The van der Waals surface area contributed by atoms with E-state index < -0.39 is 44.4 Å². The minimum absolute atomic E-state index is 0.0221. The van der Waals surface area contributed by atoms with Crippen molar-refractivity contribution in [2.45, 2.75) is 23.3 Å². The van der Waals surface area contributed by atoms with Gasteiger partial charge in [0.2, 0.25) is 10.0 Å². The standard InChI is InChI=1S/C14H11F6N3O2S/c1-23(26(24,25)11-6-21-8-22-7-11)12(14(18,19)20)9-2-4-10(5-3-9)13(15,16)17/h2-8,12H,1H3/t12-/m1/s1.